The molecule has 1 aromatic rings. The number of hydrogen-bond donors (Lipinski definition) is 1. The minimum absolute atomic E-state index is 0.217. The summed E-state index contributed by atoms with van der Waals surface area (Å²) >= 11 is 0. The molecule has 1 saturated carbocycles. The zero-order valence-corrected chi connectivity index (χ0v) is 21.2. The molecule has 0 radical (unpaired) electrons. The molecular formula is C31H44O. The van der Waals surface area contributed by atoms with Crippen LogP contribution in [0.15, 0.2) is 53.1 Å². The monoisotopic (exact) mass is 432 g/mol. The first-order valence-electron chi connectivity index (χ1n) is 13.3. The van der Waals surface area contributed by atoms with E-state index in [4.69, 9.17) is 0 Å². The normalized spacial score (nSPS) is 40.1. The van der Waals surface area contributed by atoms with E-state index in [2.05, 4.69) is 71.9 Å². The summed E-state index contributed by atoms with van der Waals surface area (Å²) in [6.07, 6.45) is 11.2. The fraction of sp³-hybridized carbons (Fsp3) is 0.677. The van der Waals surface area contributed by atoms with Crippen LogP contribution in [-0.4, -0.2) is 5.11 Å². The van der Waals surface area contributed by atoms with Gasteiger partial charge in [0.1, 0.15) is 0 Å². The summed E-state index contributed by atoms with van der Waals surface area (Å²) in [6, 6.07) is 10.3. The molecule has 0 heterocycles. The van der Waals surface area contributed by atoms with Crippen molar-refractivity contribution in [3.63, 3.8) is 0 Å². The Bertz CT molecular complexity index is 936. The highest BCUT2D eigenvalue weighted by atomic mass is 16.3. The fourth-order valence-electron chi connectivity index (χ4n) is 8.88. The molecule has 4 aliphatic rings. The van der Waals surface area contributed by atoms with Gasteiger partial charge in [-0.25, -0.2) is 0 Å². The number of fused-ring (bicyclic) bond motifs is 4. The van der Waals surface area contributed by atoms with Gasteiger partial charge in [-0.3, -0.25) is 0 Å². The molecule has 4 aliphatic carbocycles. The third-order valence-electron chi connectivity index (χ3n) is 11.3. The molecule has 0 aromatic heterocycles. The van der Waals surface area contributed by atoms with E-state index in [-0.39, 0.29) is 17.4 Å². The van der Waals surface area contributed by atoms with Gasteiger partial charge >= 0.3 is 0 Å². The van der Waals surface area contributed by atoms with Crippen molar-refractivity contribution in [1.82, 2.24) is 0 Å². The zero-order chi connectivity index (χ0) is 22.9. The number of aliphatic hydroxyl groups is 1. The van der Waals surface area contributed by atoms with Crippen LogP contribution in [-0.2, 0) is 0 Å². The molecule has 0 saturated heterocycles. The molecule has 5 rings (SSSR count). The van der Waals surface area contributed by atoms with Gasteiger partial charge in [-0.05, 0) is 102 Å². The highest BCUT2D eigenvalue weighted by Crippen LogP contribution is 2.67. The first-order valence-corrected chi connectivity index (χ1v) is 13.3. The van der Waals surface area contributed by atoms with E-state index in [0.717, 1.165) is 23.8 Å². The highest BCUT2D eigenvalue weighted by molar-refractivity contribution is 5.50. The maximum Gasteiger partial charge on any atom is 0.0818 e. The molecule has 0 aliphatic heterocycles. The molecule has 1 heteroatoms. The summed E-state index contributed by atoms with van der Waals surface area (Å²) in [5, 5.41) is 11.2. The maximum absolute atomic E-state index is 11.2. The number of allylic oxidation sites excluding steroid dienone is 4. The van der Waals surface area contributed by atoms with Crippen molar-refractivity contribution in [1.29, 1.82) is 0 Å². The van der Waals surface area contributed by atoms with E-state index in [0.29, 0.717) is 16.7 Å². The van der Waals surface area contributed by atoms with Gasteiger partial charge < -0.3 is 5.11 Å². The lowest BCUT2D eigenvalue weighted by Crippen LogP contribution is -2.50. The summed E-state index contributed by atoms with van der Waals surface area (Å²) in [5.74, 6) is 2.43. The van der Waals surface area contributed by atoms with E-state index in [1.807, 2.05) is 11.6 Å². The van der Waals surface area contributed by atoms with Gasteiger partial charge in [-0.2, -0.15) is 0 Å². The van der Waals surface area contributed by atoms with E-state index in [9.17, 15) is 5.11 Å². The summed E-state index contributed by atoms with van der Waals surface area (Å²) in [5.41, 5.74) is 7.35. The molecule has 1 aromatic carbocycles. The molecule has 32 heavy (non-hydrogen) atoms. The fourth-order valence-corrected chi connectivity index (χ4v) is 8.88. The van der Waals surface area contributed by atoms with Gasteiger partial charge in [0.25, 0.3) is 0 Å². The van der Waals surface area contributed by atoms with Crippen LogP contribution in [0.1, 0.15) is 98.2 Å². The van der Waals surface area contributed by atoms with E-state index in [1.54, 1.807) is 11.1 Å². The van der Waals surface area contributed by atoms with Crippen LogP contribution >= 0.6 is 0 Å². The van der Waals surface area contributed by atoms with Gasteiger partial charge in [-0.15, -0.1) is 0 Å². The molecule has 1 fully saturated rings. The number of hydrogen-bond acceptors (Lipinski definition) is 1. The summed E-state index contributed by atoms with van der Waals surface area (Å²) in [4.78, 5) is 0. The van der Waals surface area contributed by atoms with Crippen LogP contribution in [0.2, 0.25) is 0 Å². The Hall–Kier alpha value is -1.34. The van der Waals surface area contributed by atoms with E-state index < -0.39 is 0 Å². The predicted octanol–water partition coefficient (Wildman–Crippen LogP) is 8.27. The minimum Gasteiger partial charge on any atom is -0.388 e. The van der Waals surface area contributed by atoms with Crippen molar-refractivity contribution in [3.8, 4) is 0 Å². The average Bonchev–Trinajstić information content (AvgIpc) is 3.13. The third kappa shape index (κ3) is 3.06. The van der Waals surface area contributed by atoms with Gasteiger partial charge in [-0.1, -0.05) is 83.5 Å². The second-order valence-corrected chi connectivity index (χ2v) is 12.8. The van der Waals surface area contributed by atoms with E-state index >= 15 is 0 Å². The zero-order valence-electron chi connectivity index (χ0n) is 21.2. The SMILES string of the molecule is CC(C(O)c1ccccc1)C1CC=C2C3=C(CCC21C)C1(C)CCC(C)C(C)(C)C1CC3. The summed E-state index contributed by atoms with van der Waals surface area (Å²) < 4.78 is 0. The second kappa shape index (κ2) is 7.59. The summed E-state index contributed by atoms with van der Waals surface area (Å²) in [6.45, 7) is 15.0. The van der Waals surface area contributed by atoms with Gasteiger partial charge in [0.2, 0.25) is 0 Å². The van der Waals surface area contributed by atoms with E-state index in [1.165, 1.54) is 38.5 Å². The van der Waals surface area contributed by atoms with Crippen LogP contribution in [0.25, 0.3) is 0 Å². The van der Waals surface area contributed by atoms with Crippen molar-refractivity contribution < 1.29 is 5.11 Å². The molecule has 7 atom stereocenters. The van der Waals surface area contributed by atoms with Crippen molar-refractivity contribution >= 4 is 0 Å². The molecule has 1 N–H and O–H groups in total. The maximum atomic E-state index is 11.2. The third-order valence-corrected chi connectivity index (χ3v) is 11.3. The molecule has 0 amide bonds. The number of benzene rings is 1. The largest absolute Gasteiger partial charge is 0.388 e. The topological polar surface area (TPSA) is 20.2 Å². The Labute approximate surface area is 196 Å². The Morgan fingerprint density at radius 2 is 1.66 bits per heavy atom. The van der Waals surface area contributed by atoms with Crippen LogP contribution in [0.3, 0.4) is 0 Å². The molecule has 1 nitrogen and oxygen atoms in total. The Balaban J connectivity index is 1.46. The molecular weight excluding hydrogens is 388 g/mol. The molecule has 0 spiro atoms. The first kappa shape index (κ1) is 22.5. The lowest BCUT2D eigenvalue weighted by Gasteiger charge is -2.60. The Kier molecular flexibility index (Phi) is 5.32. The summed E-state index contributed by atoms with van der Waals surface area (Å²) in [7, 11) is 0. The average molecular weight is 433 g/mol. The lowest BCUT2D eigenvalue weighted by molar-refractivity contribution is -0.0347. The number of aliphatic hydroxyl groups excluding tert-OH is 1. The Morgan fingerprint density at radius 1 is 0.938 bits per heavy atom. The smallest absolute Gasteiger partial charge is 0.0818 e. The van der Waals surface area contributed by atoms with Crippen molar-refractivity contribution in [3.05, 3.63) is 58.7 Å². The molecule has 7 unspecified atom stereocenters. The van der Waals surface area contributed by atoms with Gasteiger partial charge in [0.15, 0.2) is 0 Å². The second-order valence-electron chi connectivity index (χ2n) is 12.8. The molecule has 0 bridgehead atoms. The lowest BCUT2D eigenvalue weighted by atomic mass is 9.45. The van der Waals surface area contributed by atoms with Crippen LogP contribution < -0.4 is 0 Å². The standard InChI is InChI=1S/C31H44O/c1-20-16-18-31(6)26-17-19-30(5)24(21(2)28(32)22-10-8-7-9-11-22)13-14-25(30)23(26)12-15-27(31)29(20,3)4/h7-11,14,20-21,24,27-28,32H,12-13,15-19H2,1-6H3. The Morgan fingerprint density at radius 3 is 2.38 bits per heavy atom. The highest BCUT2D eigenvalue weighted by Gasteiger charge is 2.57. The van der Waals surface area contributed by atoms with Crippen molar-refractivity contribution in [2.24, 2.45) is 39.9 Å². The van der Waals surface area contributed by atoms with Crippen molar-refractivity contribution in [2.75, 3.05) is 0 Å². The molecule has 174 valence electrons. The van der Waals surface area contributed by atoms with Crippen LogP contribution in [0, 0.1) is 39.9 Å². The number of rotatable bonds is 3. The van der Waals surface area contributed by atoms with Crippen LogP contribution in [0.5, 0.6) is 0 Å². The van der Waals surface area contributed by atoms with Gasteiger partial charge in [0.05, 0.1) is 6.10 Å². The minimum atomic E-state index is -0.380. The van der Waals surface area contributed by atoms with Gasteiger partial charge in [0, 0.05) is 0 Å². The quantitative estimate of drug-likeness (QED) is 0.509. The predicted molar refractivity (Wildman–Crippen MR) is 134 cm³/mol. The van der Waals surface area contributed by atoms with Crippen LogP contribution in [0.4, 0.5) is 0 Å². The first-order chi connectivity index (χ1) is 15.1. The van der Waals surface area contributed by atoms with Crippen molar-refractivity contribution in [2.45, 2.75) is 92.6 Å².